The van der Waals surface area contributed by atoms with Gasteiger partial charge in [-0.1, -0.05) is 13.8 Å². The Kier molecular flexibility index (Phi) is 6.56. The van der Waals surface area contributed by atoms with Crippen molar-refractivity contribution >= 4 is 11.8 Å². The molecule has 19 heavy (non-hydrogen) atoms. The maximum Gasteiger partial charge on any atom is 0.224 e. The summed E-state index contributed by atoms with van der Waals surface area (Å²) in [6.07, 6.45) is 1.08. The standard InChI is InChI=1S/C14H27N5/c1-11(2)10-16-13-9-12(3)17-14(18-13)15-7-6-8-19(4)5/h9,11H,6-8,10H2,1-5H3,(H2,15,16,17,18). The van der Waals surface area contributed by atoms with Gasteiger partial charge in [0.15, 0.2) is 0 Å². The topological polar surface area (TPSA) is 53.1 Å². The molecule has 0 aliphatic heterocycles. The fourth-order valence-electron chi connectivity index (χ4n) is 1.64. The lowest BCUT2D eigenvalue weighted by Crippen LogP contribution is -2.17. The van der Waals surface area contributed by atoms with Gasteiger partial charge in [0.05, 0.1) is 0 Å². The molecule has 0 unspecified atom stereocenters. The minimum Gasteiger partial charge on any atom is -0.370 e. The average molecular weight is 265 g/mol. The summed E-state index contributed by atoms with van der Waals surface area (Å²) < 4.78 is 0. The number of aryl methyl sites for hydroxylation is 1. The molecule has 1 heterocycles. The molecule has 0 fully saturated rings. The van der Waals surface area contributed by atoms with Crippen molar-refractivity contribution < 1.29 is 0 Å². The maximum atomic E-state index is 4.48. The minimum atomic E-state index is 0.603. The van der Waals surface area contributed by atoms with Crippen LogP contribution in [0.15, 0.2) is 6.07 Å². The van der Waals surface area contributed by atoms with E-state index < -0.39 is 0 Å². The van der Waals surface area contributed by atoms with Gasteiger partial charge in [0, 0.05) is 24.8 Å². The maximum absolute atomic E-state index is 4.48. The predicted molar refractivity (Wildman–Crippen MR) is 81.8 cm³/mol. The zero-order chi connectivity index (χ0) is 14.3. The minimum absolute atomic E-state index is 0.603. The molecule has 0 aromatic carbocycles. The summed E-state index contributed by atoms with van der Waals surface area (Å²) in [6, 6.07) is 1.98. The van der Waals surface area contributed by atoms with E-state index in [0.29, 0.717) is 11.9 Å². The summed E-state index contributed by atoms with van der Waals surface area (Å²) in [5, 5.41) is 6.61. The van der Waals surface area contributed by atoms with Gasteiger partial charge in [0.1, 0.15) is 5.82 Å². The van der Waals surface area contributed by atoms with Crippen LogP contribution in [0.3, 0.4) is 0 Å². The lowest BCUT2D eigenvalue weighted by atomic mass is 10.2. The third-order valence-electron chi connectivity index (χ3n) is 2.61. The Labute approximate surface area is 116 Å². The quantitative estimate of drug-likeness (QED) is 0.706. The fourth-order valence-corrected chi connectivity index (χ4v) is 1.64. The van der Waals surface area contributed by atoms with Gasteiger partial charge in [-0.15, -0.1) is 0 Å². The van der Waals surface area contributed by atoms with Crippen molar-refractivity contribution in [1.82, 2.24) is 14.9 Å². The van der Waals surface area contributed by atoms with Crippen molar-refractivity contribution in [3.63, 3.8) is 0 Å². The van der Waals surface area contributed by atoms with Crippen molar-refractivity contribution in [3.8, 4) is 0 Å². The van der Waals surface area contributed by atoms with E-state index in [9.17, 15) is 0 Å². The molecule has 0 bridgehead atoms. The number of nitrogens with one attached hydrogen (secondary N) is 2. The molecule has 0 spiro atoms. The highest BCUT2D eigenvalue weighted by Gasteiger charge is 2.02. The Hall–Kier alpha value is -1.36. The number of rotatable bonds is 8. The Morgan fingerprint density at radius 2 is 1.95 bits per heavy atom. The van der Waals surface area contributed by atoms with Crippen LogP contribution in [0.5, 0.6) is 0 Å². The zero-order valence-corrected chi connectivity index (χ0v) is 12.8. The summed E-state index contributed by atoms with van der Waals surface area (Å²) in [5.41, 5.74) is 0.983. The molecule has 0 aliphatic carbocycles. The summed E-state index contributed by atoms with van der Waals surface area (Å²) in [6.45, 7) is 9.25. The first-order chi connectivity index (χ1) is 8.97. The lowest BCUT2D eigenvalue weighted by molar-refractivity contribution is 0.405. The molecule has 0 atom stereocenters. The molecule has 0 radical (unpaired) electrons. The Morgan fingerprint density at radius 1 is 1.21 bits per heavy atom. The van der Waals surface area contributed by atoms with Crippen LogP contribution in [-0.2, 0) is 0 Å². The third-order valence-corrected chi connectivity index (χ3v) is 2.61. The second-order valence-electron chi connectivity index (χ2n) is 5.58. The van der Waals surface area contributed by atoms with Crippen LogP contribution in [0, 0.1) is 12.8 Å². The van der Waals surface area contributed by atoms with E-state index in [1.807, 2.05) is 13.0 Å². The van der Waals surface area contributed by atoms with Crippen LogP contribution < -0.4 is 10.6 Å². The molecule has 1 aromatic rings. The molecular weight excluding hydrogens is 238 g/mol. The molecule has 0 saturated carbocycles. The van der Waals surface area contributed by atoms with Gasteiger partial charge in [0.2, 0.25) is 5.95 Å². The second kappa shape index (κ2) is 7.94. The van der Waals surface area contributed by atoms with Crippen LogP contribution in [0.25, 0.3) is 0 Å². The van der Waals surface area contributed by atoms with E-state index in [-0.39, 0.29) is 0 Å². The summed E-state index contributed by atoms with van der Waals surface area (Å²) in [4.78, 5) is 11.1. The number of nitrogens with zero attached hydrogens (tertiary/aromatic N) is 3. The first-order valence-corrected chi connectivity index (χ1v) is 6.95. The normalized spacial score (nSPS) is 11.1. The highest BCUT2D eigenvalue weighted by atomic mass is 15.1. The monoisotopic (exact) mass is 265 g/mol. The zero-order valence-electron chi connectivity index (χ0n) is 12.8. The van der Waals surface area contributed by atoms with Crippen LogP contribution >= 0.6 is 0 Å². The van der Waals surface area contributed by atoms with Gasteiger partial charge >= 0.3 is 0 Å². The van der Waals surface area contributed by atoms with Crippen molar-refractivity contribution in [3.05, 3.63) is 11.8 Å². The van der Waals surface area contributed by atoms with E-state index >= 15 is 0 Å². The highest BCUT2D eigenvalue weighted by Crippen LogP contribution is 2.10. The highest BCUT2D eigenvalue weighted by molar-refractivity contribution is 5.42. The van der Waals surface area contributed by atoms with Gasteiger partial charge in [-0.2, -0.15) is 4.98 Å². The number of aromatic nitrogens is 2. The molecule has 0 amide bonds. The Bertz CT molecular complexity index is 376. The Balaban J connectivity index is 2.48. The van der Waals surface area contributed by atoms with Gasteiger partial charge in [-0.05, 0) is 39.9 Å². The van der Waals surface area contributed by atoms with Crippen molar-refractivity contribution in [2.24, 2.45) is 5.92 Å². The molecular formula is C14H27N5. The molecule has 2 N–H and O–H groups in total. The van der Waals surface area contributed by atoms with Crippen LogP contribution in [0.4, 0.5) is 11.8 Å². The Morgan fingerprint density at radius 3 is 2.58 bits per heavy atom. The molecule has 5 heteroatoms. The lowest BCUT2D eigenvalue weighted by Gasteiger charge is -2.12. The molecule has 1 rings (SSSR count). The predicted octanol–water partition coefficient (Wildman–Crippen LogP) is 2.22. The van der Waals surface area contributed by atoms with Crippen LogP contribution in [-0.4, -0.2) is 48.6 Å². The molecule has 5 nitrogen and oxygen atoms in total. The molecule has 0 aliphatic rings. The van der Waals surface area contributed by atoms with Gasteiger partial charge in [0.25, 0.3) is 0 Å². The number of hydrogen-bond acceptors (Lipinski definition) is 5. The molecule has 0 saturated heterocycles. The van der Waals surface area contributed by atoms with E-state index in [4.69, 9.17) is 0 Å². The van der Waals surface area contributed by atoms with Crippen LogP contribution in [0.1, 0.15) is 26.0 Å². The second-order valence-corrected chi connectivity index (χ2v) is 5.58. The SMILES string of the molecule is Cc1cc(NCC(C)C)nc(NCCCN(C)C)n1. The largest absolute Gasteiger partial charge is 0.370 e. The third kappa shape index (κ3) is 6.96. The van der Waals surface area contributed by atoms with E-state index in [1.165, 1.54) is 0 Å². The first-order valence-electron chi connectivity index (χ1n) is 6.95. The fraction of sp³-hybridized carbons (Fsp3) is 0.714. The number of anilines is 2. The summed E-state index contributed by atoms with van der Waals surface area (Å²) in [5.74, 6) is 2.22. The summed E-state index contributed by atoms with van der Waals surface area (Å²) in [7, 11) is 4.16. The van der Waals surface area contributed by atoms with E-state index in [1.54, 1.807) is 0 Å². The summed E-state index contributed by atoms with van der Waals surface area (Å²) >= 11 is 0. The number of hydrogen-bond donors (Lipinski definition) is 2. The van der Waals surface area contributed by atoms with Crippen molar-refractivity contribution in [1.29, 1.82) is 0 Å². The van der Waals surface area contributed by atoms with E-state index in [2.05, 4.69) is 53.4 Å². The smallest absolute Gasteiger partial charge is 0.224 e. The van der Waals surface area contributed by atoms with Gasteiger partial charge in [-0.3, -0.25) is 0 Å². The van der Waals surface area contributed by atoms with Crippen molar-refractivity contribution in [2.45, 2.75) is 27.2 Å². The average Bonchev–Trinajstić information content (AvgIpc) is 2.31. The van der Waals surface area contributed by atoms with Crippen LogP contribution in [0.2, 0.25) is 0 Å². The van der Waals surface area contributed by atoms with Gasteiger partial charge in [-0.25, -0.2) is 4.98 Å². The molecule has 108 valence electrons. The molecule has 1 aromatic heterocycles. The van der Waals surface area contributed by atoms with E-state index in [0.717, 1.165) is 37.6 Å². The van der Waals surface area contributed by atoms with Crippen molar-refractivity contribution in [2.75, 3.05) is 44.4 Å². The van der Waals surface area contributed by atoms with Gasteiger partial charge < -0.3 is 15.5 Å². The first kappa shape index (κ1) is 15.7.